The number of aliphatic hydroxyl groups excluding tert-OH is 1. The van der Waals surface area contributed by atoms with Gasteiger partial charge in [-0.25, -0.2) is 8.78 Å². The normalized spacial score (nSPS) is 23.6. The van der Waals surface area contributed by atoms with E-state index >= 15 is 0 Å². The van der Waals surface area contributed by atoms with Crippen molar-refractivity contribution in [2.75, 3.05) is 13.1 Å². The summed E-state index contributed by atoms with van der Waals surface area (Å²) >= 11 is 0. The first kappa shape index (κ1) is 11.4. The third-order valence-electron chi connectivity index (χ3n) is 2.04. The van der Waals surface area contributed by atoms with E-state index in [0.29, 0.717) is 6.54 Å². The summed E-state index contributed by atoms with van der Waals surface area (Å²) < 4.78 is 28.9. The molecule has 82 valence electrons. The van der Waals surface area contributed by atoms with Crippen molar-refractivity contribution < 1.29 is 18.6 Å². The van der Waals surface area contributed by atoms with Crippen LogP contribution in [-0.4, -0.2) is 36.8 Å². The lowest BCUT2D eigenvalue weighted by atomic mass is 10.1. The second kappa shape index (κ2) is 5.93. The summed E-state index contributed by atoms with van der Waals surface area (Å²) in [5.74, 6) is 0. The van der Waals surface area contributed by atoms with E-state index in [-0.39, 0.29) is 12.6 Å². The molecule has 14 heavy (non-hydrogen) atoms. The zero-order chi connectivity index (χ0) is 10.4. The van der Waals surface area contributed by atoms with E-state index in [0.717, 1.165) is 12.8 Å². The Morgan fingerprint density at radius 1 is 1.57 bits per heavy atom. The molecule has 5 heteroatoms. The molecule has 0 saturated carbocycles. The number of alkyl halides is 2. The van der Waals surface area contributed by atoms with Gasteiger partial charge in [0.2, 0.25) is 0 Å². The zero-order valence-electron chi connectivity index (χ0n) is 7.83. The minimum absolute atomic E-state index is 0.0323. The molecule has 3 nitrogen and oxygen atoms in total. The Kier molecular flexibility index (Phi) is 4.82. The number of hydrogen-bond donors (Lipinski definition) is 2. The van der Waals surface area contributed by atoms with Crippen LogP contribution < -0.4 is 5.32 Å². The summed E-state index contributed by atoms with van der Waals surface area (Å²) in [6, 6.07) is 0. The van der Waals surface area contributed by atoms with Crippen LogP contribution in [-0.2, 0) is 4.74 Å². The maximum atomic E-state index is 11.9. The molecule has 0 aromatic rings. The number of hydrogen-bond acceptors (Lipinski definition) is 3. The van der Waals surface area contributed by atoms with E-state index in [9.17, 15) is 8.78 Å². The lowest BCUT2D eigenvalue weighted by molar-refractivity contribution is -0.00509. The van der Waals surface area contributed by atoms with Gasteiger partial charge in [-0.15, -0.1) is 0 Å². The second-order valence-corrected chi connectivity index (χ2v) is 3.27. The van der Waals surface area contributed by atoms with E-state index in [1.807, 2.05) is 6.08 Å². The first-order valence-corrected chi connectivity index (χ1v) is 4.67. The van der Waals surface area contributed by atoms with Gasteiger partial charge in [-0.2, -0.15) is 0 Å². The van der Waals surface area contributed by atoms with Crippen LogP contribution in [0.5, 0.6) is 0 Å². The van der Waals surface area contributed by atoms with Crippen LogP contribution in [0.1, 0.15) is 12.8 Å². The van der Waals surface area contributed by atoms with Gasteiger partial charge in [0, 0.05) is 13.1 Å². The summed E-state index contributed by atoms with van der Waals surface area (Å²) in [6.45, 7) is 0.398. The molecule has 2 atom stereocenters. The third kappa shape index (κ3) is 4.02. The molecular formula is C9H15F2NO2. The third-order valence-corrected chi connectivity index (χ3v) is 2.04. The number of halogens is 2. The monoisotopic (exact) mass is 207 g/mol. The molecule has 0 aliphatic carbocycles. The van der Waals surface area contributed by atoms with E-state index in [2.05, 4.69) is 5.32 Å². The molecule has 0 aromatic heterocycles. The molecule has 2 unspecified atom stereocenters. The van der Waals surface area contributed by atoms with Crippen LogP contribution in [0.2, 0.25) is 0 Å². The number of allylic oxidation sites excluding steroid dienone is 1. The Labute approximate surface area is 81.8 Å². The molecular weight excluding hydrogens is 192 g/mol. The van der Waals surface area contributed by atoms with E-state index in [1.54, 1.807) is 6.26 Å². The second-order valence-electron chi connectivity index (χ2n) is 3.27. The van der Waals surface area contributed by atoms with E-state index in [4.69, 9.17) is 9.84 Å². The van der Waals surface area contributed by atoms with Crippen molar-refractivity contribution in [2.45, 2.75) is 31.5 Å². The number of rotatable bonds is 5. The quantitative estimate of drug-likeness (QED) is 0.703. The number of nitrogens with one attached hydrogen (secondary N) is 1. The first-order valence-electron chi connectivity index (χ1n) is 4.67. The smallest absolute Gasteiger partial charge is 0.265 e. The van der Waals surface area contributed by atoms with Crippen molar-refractivity contribution in [1.29, 1.82) is 0 Å². The average Bonchev–Trinajstić information content (AvgIpc) is 2.19. The van der Waals surface area contributed by atoms with Crippen LogP contribution in [0.3, 0.4) is 0 Å². The zero-order valence-corrected chi connectivity index (χ0v) is 7.83. The summed E-state index contributed by atoms with van der Waals surface area (Å²) in [6.07, 6.45) is 1.13. The molecule has 0 amide bonds. The van der Waals surface area contributed by atoms with Gasteiger partial charge in [-0.05, 0) is 18.9 Å². The van der Waals surface area contributed by atoms with Crippen molar-refractivity contribution >= 4 is 0 Å². The van der Waals surface area contributed by atoms with Crippen molar-refractivity contribution in [3.05, 3.63) is 12.3 Å². The molecule has 1 aliphatic rings. The number of aliphatic hydroxyl groups is 1. The molecule has 1 heterocycles. The molecule has 0 aromatic carbocycles. The van der Waals surface area contributed by atoms with Crippen LogP contribution in [0.15, 0.2) is 12.3 Å². The Bertz CT molecular complexity index is 188. The predicted molar refractivity (Wildman–Crippen MR) is 48.1 cm³/mol. The Morgan fingerprint density at radius 2 is 2.36 bits per heavy atom. The minimum atomic E-state index is -2.69. The highest BCUT2D eigenvalue weighted by atomic mass is 19.3. The van der Waals surface area contributed by atoms with Crippen LogP contribution in [0, 0.1) is 0 Å². The first-order chi connectivity index (χ1) is 6.70. The number of ether oxygens (including phenoxy) is 1. The van der Waals surface area contributed by atoms with Gasteiger partial charge >= 0.3 is 0 Å². The van der Waals surface area contributed by atoms with Crippen LogP contribution in [0.25, 0.3) is 0 Å². The van der Waals surface area contributed by atoms with Gasteiger partial charge in [-0.3, -0.25) is 0 Å². The standard InChI is InChI=1S/C9H15F2NO2/c10-9(11)8(13)6-12-5-7-3-1-2-4-14-7/h2,4,7-9,12-13H,1,3,5-6H2. The molecule has 0 radical (unpaired) electrons. The molecule has 1 aliphatic heterocycles. The molecule has 0 bridgehead atoms. The SMILES string of the molecule is OC(CNCC1CCC=CO1)C(F)F. The highest BCUT2D eigenvalue weighted by molar-refractivity contribution is 4.83. The fourth-order valence-corrected chi connectivity index (χ4v) is 1.22. The summed E-state index contributed by atoms with van der Waals surface area (Å²) in [5, 5.41) is 11.5. The van der Waals surface area contributed by atoms with Gasteiger partial charge in [-0.1, -0.05) is 0 Å². The topological polar surface area (TPSA) is 41.5 Å². The largest absolute Gasteiger partial charge is 0.497 e. The van der Waals surface area contributed by atoms with Crippen molar-refractivity contribution in [3.63, 3.8) is 0 Å². The molecule has 1 rings (SSSR count). The molecule has 0 spiro atoms. The van der Waals surface area contributed by atoms with Crippen molar-refractivity contribution in [2.24, 2.45) is 0 Å². The van der Waals surface area contributed by atoms with Gasteiger partial charge in [0.25, 0.3) is 6.43 Å². The fourth-order valence-electron chi connectivity index (χ4n) is 1.22. The van der Waals surface area contributed by atoms with E-state index < -0.39 is 12.5 Å². The van der Waals surface area contributed by atoms with Crippen LogP contribution in [0.4, 0.5) is 8.78 Å². The maximum absolute atomic E-state index is 11.9. The van der Waals surface area contributed by atoms with E-state index in [1.165, 1.54) is 0 Å². The van der Waals surface area contributed by atoms with Gasteiger partial charge < -0.3 is 15.2 Å². The Hall–Kier alpha value is -0.680. The predicted octanol–water partition coefficient (Wildman–Crippen LogP) is 0.895. The summed E-state index contributed by atoms with van der Waals surface area (Å²) in [5.41, 5.74) is 0. The minimum Gasteiger partial charge on any atom is -0.497 e. The average molecular weight is 207 g/mol. The molecule has 0 saturated heterocycles. The Balaban J connectivity index is 2.06. The molecule has 0 fully saturated rings. The van der Waals surface area contributed by atoms with Crippen LogP contribution >= 0.6 is 0 Å². The summed E-state index contributed by atoms with van der Waals surface area (Å²) in [4.78, 5) is 0. The maximum Gasteiger partial charge on any atom is 0.265 e. The fraction of sp³-hybridized carbons (Fsp3) is 0.778. The van der Waals surface area contributed by atoms with Crippen molar-refractivity contribution in [1.82, 2.24) is 5.32 Å². The van der Waals surface area contributed by atoms with Gasteiger partial charge in [0.1, 0.15) is 12.2 Å². The van der Waals surface area contributed by atoms with Gasteiger partial charge in [0.15, 0.2) is 0 Å². The summed E-state index contributed by atoms with van der Waals surface area (Å²) in [7, 11) is 0. The lowest BCUT2D eigenvalue weighted by Gasteiger charge is -2.20. The van der Waals surface area contributed by atoms with Crippen molar-refractivity contribution in [3.8, 4) is 0 Å². The highest BCUT2D eigenvalue weighted by Crippen LogP contribution is 2.09. The molecule has 2 N–H and O–H groups in total. The lowest BCUT2D eigenvalue weighted by Crippen LogP contribution is -2.37. The van der Waals surface area contributed by atoms with Gasteiger partial charge in [0.05, 0.1) is 6.26 Å². The highest BCUT2D eigenvalue weighted by Gasteiger charge is 2.17. The Morgan fingerprint density at radius 3 is 2.93 bits per heavy atom.